The van der Waals surface area contributed by atoms with Crippen molar-refractivity contribution < 1.29 is 9.53 Å². The summed E-state index contributed by atoms with van der Waals surface area (Å²) in [5.41, 5.74) is 2.66. The zero-order chi connectivity index (χ0) is 18.6. The fourth-order valence-corrected chi connectivity index (χ4v) is 3.27. The van der Waals surface area contributed by atoms with Gasteiger partial charge in [-0.3, -0.25) is 4.79 Å². The Balaban J connectivity index is 2.20. The number of hydrogen-bond donors (Lipinski definition) is 1. The summed E-state index contributed by atoms with van der Waals surface area (Å²) in [5, 5.41) is 12.3. The molecule has 0 spiro atoms. The predicted octanol–water partition coefficient (Wildman–Crippen LogP) is 3.40. The average Bonchev–Trinajstić information content (AvgIpc) is 2.54. The highest BCUT2D eigenvalue weighted by molar-refractivity contribution is 8.00. The maximum Gasteiger partial charge on any atom is 0.237 e. The first-order valence-electron chi connectivity index (χ1n) is 7.73. The quantitative estimate of drug-likeness (QED) is 0.652. The number of aryl methyl sites for hydroxylation is 3. The molecule has 2 aromatic rings. The number of thioether (sulfide) groups is 1. The van der Waals surface area contributed by atoms with Gasteiger partial charge < -0.3 is 10.1 Å². The summed E-state index contributed by atoms with van der Waals surface area (Å²) in [6.45, 7) is 7.25. The van der Waals surface area contributed by atoms with E-state index in [2.05, 4.69) is 21.4 Å². The summed E-state index contributed by atoms with van der Waals surface area (Å²) >= 11 is 1.24. The Morgan fingerprint density at radius 2 is 2.04 bits per heavy atom. The summed E-state index contributed by atoms with van der Waals surface area (Å²) in [6, 6.07) is 7.70. The van der Waals surface area contributed by atoms with E-state index in [1.54, 1.807) is 27.9 Å². The molecule has 6 nitrogen and oxygen atoms in total. The number of hydrogen-bond acceptors (Lipinski definition) is 6. The Hall–Kier alpha value is -2.59. The van der Waals surface area contributed by atoms with Gasteiger partial charge in [0, 0.05) is 0 Å². The first-order valence-corrected chi connectivity index (χ1v) is 8.61. The van der Waals surface area contributed by atoms with Crippen LogP contribution in [0.1, 0.15) is 29.6 Å². The van der Waals surface area contributed by atoms with Crippen molar-refractivity contribution in [2.45, 2.75) is 38.0 Å². The molecule has 1 aromatic heterocycles. The number of nitrogens with zero attached hydrogens (tertiary/aromatic N) is 3. The number of nitrogens with one attached hydrogen (secondary N) is 1. The molecule has 2 rings (SSSR count). The van der Waals surface area contributed by atoms with Crippen molar-refractivity contribution in [3.63, 3.8) is 0 Å². The fraction of sp³-hybridized carbons (Fsp3) is 0.333. The minimum absolute atomic E-state index is 0.188. The number of nitriles is 1. The molecule has 0 radical (unpaired) electrons. The monoisotopic (exact) mass is 356 g/mol. The Morgan fingerprint density at radius 3 is 2.68 bits per heavy atom. The number of rotatable bonds is 5. The van der Waals surface area contributed by atoms with Crippen molar-refractivity contribution in [2.75, 3.05) is 12.4 Å². The van der Waals surface area contributed by atoms with Crippen LogP contribution in [0.2, 0.25) is 0 Å². The van der Waals surface area contributed by atoms with Crippen LogP contribution in [0.3, 0.4) is 0 Å². The minimum Gasteiger partial charge on any atom is -0.495 e. The Labute approximate surface area is 151 Å². The third-order valence-corrected chi connectivity index (χ3v) is 4.64. The van der Waals surface area contributed by atoms with Gasteiger partial charge >= 0.3 is 0 Å². The number of carbonyl (C=O) groups is 1. The molecular weight excluding hydrogens is 336 g/mol. The summed E-state index contributed by atoms with van der Waals surface area (Å²) in [7, 11) is 1.56. The largest absolute Gasteiger partial charge is 0.495 e. The molecular formula is C18H20N4O2S. The van der Waals surface area contributed by atoms with Crippen LogP contribution in [-0.2, 0) is 4.79 Å². The van der Waals surface area contributed by atoms with E-state index in [4.69, 9.17) is 4.74 Å². The van der Waals surface area contributed by atoms with Crippen molar-refractivity contribution in [3.05, 3.63) is 40.8 Å². The molecule has 1 amide bonds. The van der Waals surface area contributed by atoms with Crippen LogP contribution in [0.5, 0.6) is 5.75 Å². The van der Waals surface area contributed by atoms with Gasteiger partial charge in [0.25, 0.3) is 0 Å². The number of ether oxygens (including phenoxy) is 1. The number of carbonyl (C=O) groups excluding carboxylic acids is 1. The molecule has 0 aliphatic heterocycles. The van der Waals surface area contributed by atoms with E-state index >= 15 is 0 Å². The average molecular weight is 356 g/mol. The van der Waals surface area contributed by atoms with Crippen molar-refractivity contribution in [2.24, 2.45) is 0 Å². The molecule has 25 heavy (non-hydrogen) atoms. The van der Waals surface area contributed by atoms with Crippen LogP contribution < -0.4 is 10.1 Å². The van der Waals surface area contributed by atoms with Gasteiger partial charge in [-0.1, -0.05) is 17.8 Å². The second kappa shape index (κ2) is 7.99. The van der Waals surface area contributed by atoms with Crippen molar-refractivity contribution in [1.29, 1.82) is 5.26 Å². The van der Waals surface area contributed by atoms with Crippen LogP contribution in [0, 0.1) is 32.1 Å². The lowest BCUT2D eigenvalue weighted by Crippen LogP contribution is -2.23. The van der Waals surface area contributed by atoms with Crippen molar-refractivity contribution >= 4 is 23.4 Å². The molecule has 0 saturated carbocycles. The lowest BCUT2D eigenvalue weighted by Gasteiger charge is -2.15. The Bertz CT molecular complexity index is 846. The maximum atomic E-state index is 12.6. The molecule has 0 aliphatic carbocycles. The zero-order valence-corrected chi connectivity index (χ0v) is 15.7. The molecule has 0 saturated heterocycles. The maximum absolute atomic E-state index is 12.6. The third kappa shape index (κ3) is 4.48. The number of anilines is 1. The summed E-state index contributed by atoms with van der Waals surface area (Å²) < 4.78 is 5.28. The van der Waals surface area contributed by atoms with E-state index in [1.165, 1.54) is 11.8 Å². The molecule has 0 fully saturated rings. The lowest BCUT2D eigenvalue weighted by atomic mass is 10.2. The van der Waals surface area contributed by atoms with Crippen LogP contribution in [0.15, 0.2) is 23.2 Å². The highest BCUT2D eigenvalue weighted by Gasteiger charge is 2.20. The second-order valence-corrected chi connectivity index (χ2v) is 6.93. The van der Waals surface area contributed by atoms with Gasteiger partial charge in [0.05, 0.1) is 23.7 Å². The first-order chi connectivity index (χ1) is 11.8. The normalized spacial score (nSPS) is 11.5. The van der Waals surface area contributed by atoms with E-state index in [-0.39, 0.29) is 5.91 Å². The zero-order valence-electron chi connectivity index (χ0n) is 14.9. The van der Waals surface area contributed by atoms with Crippen molar-refractivity contribution in [1.82, 2.24) is 9.97 Å². The van der Waals surface area contributed by atoms with E-state index < -0.39 is 5.25 Å². The molecule has 1 unspecified atom stereocenters. The molecule has 0 aliphatic rings. The smallest absolute Gasteiger partial charge is 0.237 e. The van der Waals surface area contributed by atoms with Gasteiger partial charge in [-0.05, 0) is 45.4 Å². The molecule has 130 valence electrons. The number of aromatic nitrogens is 2. The van der Waals surface area contributed by atoms with Crippen LogP contribution in [0.4, 0.5) is 5.69 Å². The lowest BCUT2D eigenvalue weighted by molar-refractivity contribution is -0.115. The van der Waals surface area contributed by atoms with Gasteiger partial charge in [0.1, 0.15) is 28.2 Å². The van der Waals surface area contributed by atoms with E-state index in [0.717, 1.165) is 5.56 Å². The van der Waals surface area contributed by atoms with Crippen LogP contribution in [0.25, 0.3) is 0 Å². The second-order valence-electron chi connectivity index (χ2n) is 5.60. The van der Waals surface area contributed by atoms with Gasteiger partial charge in [-0.15, -0.1) is 0 Å². The fourth-order valence-electron chi connectivity index (χ4n) is 2.27. The van der Waals surface area contributed by atoms with Crippen molar-refractivity contribution in [3.8, 4) is 11.8 Å². The Morgan fingerprint density at radius 1 is 1.32 bits per heavy atom. The number of amides is 1. The molecule has 1 heterocycles. The third-order valence-electron chi connectivity index (χ3n) is 3.55. The number of methoxy groups -OCH3 is 1. The summed E-state index contributed by atoms with van der Waals surface area (Å²) in [4.78, 5) is 21.1. The van der Waals surface area contributed by atoms with Gasteiger partial charge in [-0.25, -0.2) is 9.97 Å². The molecule has 7 heteroatoms. The minimum atomic E-state index is -0.439. The molecule has 1 aromatic carbocycles. The number of benzene rings is 1. The standard InChI is InChI=1S/C18H20N4O2S/c1-10-6-7-16(24-5)15(8-10)22-17(23)12(3)25-18-14(9-19)11(2)20-13(4)21-18/h6-8,12H,1-5H3,(H,22,23). The topological polar surface area (TPSA) is 87.9 Å². The summed E-state index contributed by atoms with van der Waals surface area (Å²) in [5.74, 6) is 0.987. The highest BCUT2D eigenvalue weighted by atomic mass is 32.2. The van der Waals surface area contributed by atoms with Gasteiger partial charge in [-0.2, -0.15) is 5.26 Å². The van der Waals surface area contributed by atoms with E-state index in [0.29, 0.717) is 33.5 Å². The van der Waals surface area contributed by atoms with Gasteiger partial charge in [0.15, 0.2) is 0 Å². The van der Waals surface area contributed by atoms with Crippen LogP contribution >= 0.6 is 11.8 Å². The van der Waals surface area contributed by atoms with Crippen LogP contribution in [-0.4, -0.2) is 28.2 Å². The Kier molecular flexibility index (Phi) is 5.99. The molecule has 1 atom stereocenters. The SMILES string of the molecule is COc1ccc(C)cc1NC(=O)C(C)Sc1nc(C)nc(C)c1C#N. The highest BCUT2D eigenvalue weighted by Crippen LogP contribution is 2.29. The summed E-state index contributed by atoms with van der Waals surface area (Å²) in [6.07, 6.45) is 0. The first kappa shape index (κ1) is 18.7. The van der Waals surface area contributed by atoms with Gasteiger partial charge in [0.2, 0.25) is 5.91 Å². The predicted molar refractivity (Wildman–Crippen MR) is 97.9 cm³/mol. The van der Waals surface area contributed by atoms with E-state index in [1.807, 2.05) is 25.1 Å². The molecule has 1 N–H and O–H groups in total. The molecule has 0 bridgehead atoms. The van der Waals surface area contributed by atoms with E-state index in [9.17, 15) is 10.1 Å².